The Morgan fingerprint density at radius 3 is 2.25 bits per heavy atom. The first-order valence-electron chi connectivity index (χ1n) is 3.94. The maximum absolute atomic E-state index is 11.4. The van der Waals surface area contributed by atoms with Gasteiger partial charge in [0.05, 0.1) is 9.92 Å². The summed E-state index contributed by atoms with van der Waals surface area (Å²) in [5, 5.41) is 4.76. The van der Waals surface area contributed by atoms with Crippen LogP contribution in [0.4, 0.5) is 0 Å². The van der Waals surface area contributed by atoms with Crippen molar-refractivity contribution in [3.05, 3.63) is 23.2 Å². The molecule has 0 radical (unpaired) electrons. The Hall–Kier alpha value is -0.670. The molecule has 0 saturated carbocycles. The number of nitrogens with one attached hydrogen (secondary N) is 1. The quantitative estimate of drug-likeness (QED) is 0.808. The molecule has 90 valence electrons. The van der Waals surface area contributed by atoms with E-state index in [2.05, 4.69) is 0 Å². The molecule has 0 aromatic heterocycles. The second kappa shape index (κ2) is 4.30. The molecule has 0 saturated heterocycles. The zero-order valence-corrected chi connectivity index (χ0v) is 10.5. The van der Waals surface area contributed by atoms with Gasteiger partial charge in [0, 0.05) is 0 Å². The second-order valence-electron chi connectivity index (χ2n) is 2.84. The molecule has 0 unspecified atom stereocenters. The molecule has 0 atom stereocenters. The van der Waals surface area contributed by atoms with Crippen LogP contribution in [0.5, 0.6) is 0 Å². The Morgan fingerprint density at radius 2 is 1.81 bits per heavy atom. The monoisotopic (exact) mass is 284 g/mol. The number of benzene rings is 1. The van der Waals surface area contributed by atoms with Crippen LogP contribution < -0.4 is 9.86 Å². The van der Waals surface area contributed by atoms with Gasteiger partial charge in [0.1, 0.15) is 4.90 Å². The number of sulfonamides is 2. The summed E-state index contributed by atoms with van der Waals surface area (Å²) in [6, 6.07) is 3.25. The van der Waals surface area contributed by atoms with Crippen LogP contribution in [0.3, 0.4) is 0 Å². The zero-order valence-electron chi connectivity index (χ0n) is 8.14. The van der Waals surface area contributed by atoms with E-state index in [-0.39, 0.29) is 9.92 Å². The van der Waals surface area contributed by atoms with E-state index in [1.165, 1.54) is 13.1 Å². The Bertz CT molecular complexity index is 609. The van der Waals surface area contributed by atoms with Crippen molar-refractivity contribution in [1.82, 2.24) is 4.72 Å². The highest BCUT2D eigenvalue weighted by Gasteiger charge is 2.18. The minimum Gasteiger partial charge on any atom is -0.225 e. The van der Waals surface area contributed by atoms with Gasteiger partial charge in [-0.25, -0.2) is 26.7 Å². The summed E-state index contributed by atoms with van der Waals surface area (Å²) < 4.78 is 47.1. The van der Waals surface area contributed by atoms with Crippen LogP contribution in [0.15, 0.2) is 28.0 Å². The van der Waals surface area contributed by atoms with Gasteiger partial charge >= 0.3 is 0 Å². The second-order valence-corrected chi connectivity index (χ2v) is 6.67. The summed E-state index contributed by atoms with van der Waals surface area (Å²) in [6.45, 7) is 0. The standard InChI is InChI=1S/C7H9ClN2O4S2/c1-10-16(13,14)5-2-3-6(8)7(4-5)15(9,11)12/h2-4,10H,1H3,(H2,9,11,12). The minimum atomic E-state index is -4.05. The number of nitrogens with two attached hydrogens (primary N) is 1. The molecule has 1 rings (SSSR count). The first-order chi connectivity index (χ1) is 7.18. The normalized spacial score (nSPS) is 12.7. The first kappa shape index (κ1) is 13.4. The van der Waals surface area contributed by atoms with E-state index in [0.717, 1.165) is 12.1 Å². The van der Waals surface area contributed by atoms with Gasteiger partial charge in [-0.1, -0.05) is 11.6 Å². The van der Waals surface area contributed by atoms with Gasteiger partial charge in [0.15, 0.2) is 0 Å². The Labute approximate surface area is 98.5 Å². The largest absolute Gasteiger partial charge is 0.240 e. The third-order valence-electron chi connectivity index (χ3n) is 1.79. The van der Waals surface area contributed by atoms with Crippen LogP contribution in [0, 0.1) is 0 Å². The van der Waals surface area contributed by atoms with Crippen molar-refractivity contribution in [2.24, 2.45) is 5.14 Å². The molecule has 0 aliphatic heterocycles. The molecule has 9 heteroatoms. The number of primary sulfonamides is 1. The van der Waals surface area contributed by atoms with Crippen LogP contribution in [0.25, 0.3) is 0 Å². The zero-order chi connectivity index (χ0) is 12.6. The minimum absolute atomic E-state index is 0.127. The molecular weight excluding hydrogens is 276 g/mol. The van der Waals surface area contributed by atoms with Crippen molar-refractivity contribution >= 4 is 31.6 Å². The van der Waals surface area contributed by atoms with E-state index in [0.29, 0.717) is 0 Å². The van der Waals surface area contributed by atoms with E-state index in [1.54, 1.807) is 0 Å². The first-order valence-corrected chi connectivity index (χ1v) is 7.35. The fourth-order valence-corrected chi connectivity index (χ4v) is 2.89. The van der Waals surface area contributed by atoms with E-state index < -0.39 is 24.9 Å². The van der Waals surface area contributed by atoms with E-state index in [4.69, 9.17) is 16.7 Å². The topological polar surface area (TPSA) is 106 Å². The Balaban J connectivity index is 3.53. The lowest BCUT2D eigenvalue weighted by Gasteiger charge is -2.06. The molecular formula is C7H9ClN2O4S2. The fraction of sp³-hybridized carbons (Fsp3) is 0.143. The van der Waals surface area contributed by atoms with Crippen LogP contribution >= 0.6 is 11.6 Å². The van der Waals surface area contributed by atoms with Gasteiger partial charge < -0.3 is 0 Å². The van der Waals surface area contributed by atoms with Crippen molar-refractivity contribution in [2.45, 2.75) is 9.79 Å². The summed E-state index contributed by atoms with van der Waals surface area (Å²) in [6.07, 6.45) is 0. The van der Waals surface area contributed by atoms with Crippen molar-refractivity contribution in [1.29, 1.82) is 0 Å². The lowest BCUT2D eigenvalue weighted by molar-refractivity contribution is 0.587. The van der Waals surface area contributed by atoms with Crippen LogP contribution in [0.2, 0.25) is 5.02 Å². The molecule has 0 amide bonds. The maximum Gasteiger partial charge on any atom is 0.240 e. The van der Waals surface area contributed by atoms with E-state index in [1.807, 2.05) is 4.72 Å². The number of halogens is 1. The summed E-state index contributed by atoms with van der Waals surface area (Å²) in [5.41, 5.74) is 0. The third kappa shape index (κ3) is 2.71. The van der Waals surface area contributed by atoms with E-state index >= 15 is 0 Å². The number of rotatable bonds is 3. The Morgan fingerprint density at radius 1 is 1.25 bits per heavy atom. The van der Waals surface area contributed by atoms with Crippen molar-refractivity contribution in [3.8, 4) is 0 Å². The molecule has 0 bridgehead atoms. The smallest absolute Gasteiger partial charge is 0.225 e. The lowest BCUT2D eigenvalue weighted by atomic mass is 10.4. The van der Waals surface area contributed by atoms with Crippen LogP contribution in [-0.4, -0.2) is 23.9 Å². The Kier molecular flexibility index (Phi) is 3.60. The van der Waals surface area contributed by atoms with Gasteiger partial charge in [-0.05, 0) is 25.2 Å². The van der Waals surface area contributed by atoms with Crippen LogP contribution in [0.1, 0.15) is 0 Å². The molecule has 0 aliphatic rings. The molecule has 6 nitrogen and oxygen atoms in total. The molecule has 0 fully saturated rings. The maximum atomic E-state index is 11.4. The SMILES string of the molecule is CNS(=O)(=O)c1ccc(Cl)c(S(N)(=O)=O)c1. The molecule has 16 heavy (non-hydrogen) atoms. The van der Waals surface area contributed by atoms with Gasteiger partial charge in [-0.2, -0.15) is 0 Å². The fourth-order valence-electron chi connectivity index (χ4n) is 0.987. The average Bonchev–Trinajstić information content (AvgIpc) is 2.16. The van der Waals surface area contributed by atoms with Crippen LogP contribution in [-0.2, 0) is 20.0 Å². The highest BCUT2D eigenvalue weighted by molar-refractivity contribution is 7.90. The van der Waals surface area contributed by atoms with Crippen molar-refractivity contribution < 1.29 is 16.8 Å². The highest BCUT2D eigenvalue weighted by Crippen LogP contribution is 2.23. The van der Waals surface area contributed by atoms with Gasteiger partial charge in [0.2, 0.25) is 20.0 Å². The van der Waals surface area contributed by atoms with Crippen molar-refractivity contribution in [3.63, 3.8) is 0 Å². The number of hydrogen-bond acceptors (Lipinski definition) is 4. The van der Waals surface area contributed by atoms with Gasteiger partial charge in [-0.3, -0.25) is 0 Å². The molecule has 1 aromatic rings. The molecule has 0 spiro atoms. The predicted molar refractivity (Wildman–Crippen MR) is 59.1 cm³/mol. The molecule has 0 heterocycles. The summed E-state index contributed by atoms with van der Waals surface area (Å²) in [7, 11) is -6.57. The average molecular weight is 285 g/mol. The third-order valence-corrected chi connectivity index (χ3v) is 4.59. The van der Waals surface area contributed by atoms with E-state index in [9.17, 15) is 16.8 Å². The lowest BCUT2D eigenvalue weighted by Crippen LogP contribution is -2.20. The molecule has 1 aromatic carbocycles. The highest BCUT2D eigenvalue weighted by atomic mass is 35.5. The number of hydrogen-bond donors (Lipinski definition) is 2. The van der Waals surface area contributed by atoms with Crippen molar-refractivity contribution in [2.75, 3.05) is 7.05 Å². The summed E-state index contributed by atoms with van der Waals surface area (Å²) in [5.74, 6) is 0. The summed E-state index contributed by atoms with van der Waals surface area (Å²) in [4.78, 5) is -0.645. The van der Waals surface area contributed by atoms with Gasteiger partial charge in [-0.15, -0.1) is 0 Å². The predicted octanol–water partition coefficient (Wildman–Crippen LogP) is -0.104. The molecule has 3 N–H and O–H groups in total. The summed E-state index contributed by atoms with van der Waals surface area (Å²) >= 11 is 5.60. The molecule has 0 aliphatic carbocycles. The van der Waals surface area contributed by atoms with Gasteiger partial charge in [0.25, 0.3) is 0 Å².